The van der Waals surface area contributed by atoms with Crippen molar-refractivity contribution in [1.82, 2.24) is 0 Å². The average Bonchev–Trinajstić information content (AvgIpc) is 2.41. The summed E-state index contributed by atoms with van der Waals surface area (Å²) in [4.78, 5) is 11.4. The molecule has 0 aromatic heterocycles. The van der Waals surface area contributed by atoms with Crippen LogP contribution in [-0.2, 0) is 23.7 Å². The highest BCUT2D eigenvalue weighted by Gasteiger charge is 2.52. The molecule has 1 aromatic rings. The molecule has 96 valence electrons. The Morgan fingerprint density at radius 2 is 2.06 bits per heavy atom. The van der Waals surface area contributed by atoms with Gasteiger partial charge in [-0.05, 0) is 0 Å². The summed E-state index contributed by atoms with van der Waals surface area (Å²) >= 11 is 0. The lowest BCUT2D eigenvalue weighted by Gasteiger charge is -2.47. The number of carbonyl (C=O) groups is 1. The van der Waals surface area contributed by atoms with Crippen LogP contribution in [0.3, 0.4) is 0 Å². The Morgan fingerprint density at radius 1 is 1.28 bits per heavy atom. The number of hydrogen-bond donors (Lipinski definition) is 0. The molecule has 2 aliphatic rings. The van der Waals surface area contributed by atoms with Crippen molar-refractivity contribution in [3.05, 3.63) is 35.9 Å². The number of benzene rings is 1. The van der Waals surface area contributed by atoms with E-state index in [1.54, 1.807) is 0 Å². The highest BCUT2D eigenvalue weighted by molar-refractivity contribution is 5.76. The van der Waals surface area contributed by atoms with Crippen molar-refractivity contribution in [3.63, 3.8) is 0 Å². The van der Waals surface area contributed by atoms with Crippen LogP contribution in [0.15, 0.2) is 30.3 Å². The standard InChI is InChI=1S/C13H14O5/c1-15-12(14)11-10-9(17-11)7-16-13(18-10)8-5-3-2-4-6-8/h2-6,9-11,13H,7H2,1H3/t9-,10+,11+,13?/m1/s1. The zero-order valence-electron chi connectivity index (χ0n) is 9.94. The molecule has 5 heteroatoms. The summed E-state index contributed by atoms with van der Waals surface area (Å²) < 4.78 is 21.3. The normalized spacial score (nSPS) is 34.3. The van der Waals surface area contributed by atoms with E-state index in [0.29, 0.717) is 6.61 Å². The molecule has 18 heavy (non-hydrogen) atoms. The number of carbonyl (C=O) groups excluding carboxylic acids is 1. The van der Waals surface area contributed by atoms with Crippen molar-refractivity contribution in [1.29, 1.82) is 0 Å². The van der Waals surface area contributed by atoms with Crippen molar-refractivity contribution in [2.75, 3.05) is 13.7 Å². The van der Waals surface area contributed by atoms with Crippen LogP contribution in [0.5, 0.6) is 0 Å². The van der Waals surface area contributed by atoms with Crippen LogP contribution in [0.2, 0.25) is 0 Å². The van der Waals surface area contributed by atoms with Crippen LogP contribution in [0.4, 0.5) is 0 Å². The number of esters is 1. The molecule has 2 fully saturated rings. The van der Waals surface area contributed by atoms with Crippen LogP contribution >= 0.6 is 0 Å². The third-order valence-electron chi connectivity index (χ3n) is 3.18. The molecule has 5 nitrogen and oxygen atoms in total. The highest BCUT2D eigenvalue weighted by atomic mass is 16.7. The second-order valence-corrected chi connectivity index (χ2v) is 4.29. The van der Waals surface area contributed by atoms with E-state index in [4.69, 9.17) is 14.2 Å². The maximum absolute atomic E-state index is 11.4. The Bertz CT molecular complexity index is 432. The molecule has 0 N–H and O–H groups in total. The van der Waals surface area contributed by atoms with Gasteiger partial charge in [-0.2, -0.15) is 0 Å². The summed E-state index contributed by atoms with van der Waals surface area (Å²) in [6.07, 6.45) is -1.52. The third-order valence-corrected chi connectivity index (χ3v) is 3.18. The topological polar surface area (TPSA) is 54.0 Å². The largest absolute Gasteiger partial charge is 0.467 e. The number of ether oxygens (including phenoxy) is 4. The summed E-state index contributed by atoms with van der Waals surface area (Å²) in [5.74, 6) is -0.398. The molecular formula is C13H14O5. The molecule has 0 spiro atoms. The zero-order valence-corrected chi connectivity index (χ0v) is 9.94. The molecule has 1 unspecified atom stereocenters. The van der Waals surface area contributed by atoms with Crippen LogP contribution in [0.1, 0.15) is 11.9 Å². The highest BCUT2D eigenvalue weighted by Crippen LogP contribution is 2.36. The summed E-state index contributed by atoms with van der Waals surface area (Å²) in [5, 5.41) is 0. The molecule has 0 saturated carbocycles. The van der Waals surface area contributed by atoms with Crippen LogP contribution < -0.4 is 0 Å². The molecule has 0 bridgehead atoms. The third kappa shape index (κ3) is 1.90. The first kappa shape index (κ1) is 11.6. The fraction of sp³-hybridized carbons (Fsp3) is 0.462. The summed E-state index contributed by atoms with van der Waals surface area (Å²) in [6.45, 7) is 0.428. The van der Waals surface area contributed by atoms with Gasteiger partial charge in [0.1, 0.15) is 12.2 Å². The lowest BCUT2D eigenvalue weighted by molar-refractivity contribution is -0.347. The van der Waals surface area contributed by atoms with Gasteiger partial charge in [-0.25, -0.2) is 4.79 Å². The number of fused-ring (bicyclic) bond motifs is 1. The predicted octanol–water partition coefficient (Wildman–Crippen LogP) is 1.04. The van der Waals surface area contributed by atoms with Crippen molar-refractivity contribution in [2.45, 2.75) is 24.6 Å². The molecule has 0 amide bonds. The van der Waals surface area contributed by atoms with Gasteiger partial charge in [0.05, 0.1) is 13.7 Å². The van der Waals surface area contributed by atoms with Crippen LogP contribution in [0, 0.1) is 0 Å². The van der Waals surface area contributed by atoms with Gasteiger partial charge < -0.3 is 18.9 Å². The lowest BCUT2D eigenvalue weighted by Crippen LogP contribution is -2.63. The van der Waals surface area contributed by atoms with E-state index in [0.717, 1.165) is 5.56 Å². The second-order valence-electron chi connectivity index (χ2n) is 4.29. The first-order valence-corrected chi connectivity index (χ1v) is 5.85. The van der Waals surface area contributed by atoms with Crippen molar-refractivity contribution >= 4 is 5.97 Å². The van der Waals surface area contributed by atoms with E-state index in [9.17, 15) is 4.79 Å². The first-order chi connectivity index (χ1) is 8.79. The van der Waals surface area contributed by atoms with Crippen molar-refractivity contribution in [3.8, 4) is 0 Å². The Labute approximate surface area is 105 Å². The fourth-order valence-corrected chi connectivity index (χ4v) is 2.20. The van der Waals surface area contributed by atoms with E-state index in [1.165, 1.54) is 7.11 Å². The average molecular weight is 250 g/mol. The minimum atomic E-state index is -0.630. The van der Waals surface area contributed by atoms with E-state index >= 15 is 0 Å². The Hall–Kier alpha value is -1.43. The van der Waals surface area contributed by atoms with Crippen molar-refractivity contribution in [2.24, 2.45) is 0 Å². The molecule has 3 rings (SSSR count). The van der Waals surface area contributed by atoms with Gasteiger partial charge in [0.15, 0.2) is 12.4 Å². The molecule has 0 radical (unpaired) electrons. The van der Waals surface area contributed by atoms with Crippen LogP contribution in [-0.4, -0.2) is 38.0 Å². The van der Waals surface area contributed by atoms with Gasteiger partial charge in [-0.1, -0.05) is 30.3 Å². The molecule has 0 aliphatic carbocycles. The first-order valence-electron chi connectivity index (χ1n) is 5.85. The molecule has 2 aliphatic heterocycles. The maximum atomic E-state index is 11.4. The quantitative estimate of drug-likeness (QED) is 0.734. The van der Waals surface area contributed by atoms with Crippen molar-refractivity contribution < 1.29 is 23.7 Å². The fourth-order valence-electron chi connectivity index (χ4n) is 2.20. The molecule has 4 atom stereocenters. The van der Waals surface area contributed by atoms with Crippen LogP contribution in [0.25, 0.3) is 0 Å². The summed E-state index contributed by atoms with van der Waals surface area (Å²) in [5.41, 5.74) is 0.937. The minimum Gasteiger partial charge on any atom is -0.467 e. The van der Waals surface area contributed by atoms with E-state index in [1.807, 2.05) is 30.3 Å². The summed E-state index contributed by atoms with van der Waals surface area (Å²) in [7, 11) is 1.34. The Balaban J connectivity index is 1.70. The van der Waals surface area contributed by atoms with Gasteiger partial charge in [-0.15, -0.1) is 0 Å². The predicted molar refractivity (Wildman–Crippen MR) is 60.7 cm³/mol. The van der Waals surface area contributed by atoms with Gasteiger partial charge in [0, 0.05) is 5.56 Å². The zero-order chi connectivity index (χ0) is 12.5. The van der Waals surface area contributed by atoms with Gasteiger partial charge in [-0.3, -0.25) is 0 Å². The lowest BCUT2D eigenvalue weighted by atomic mass is 10.00. The van der Waals surface area contributed by atoms with Gasteiger partial charge >= 0.3 is 5.97 Å². The maximum Gasteiger partial charge on any atom is 0.337 e. The second kappa shape index (κ2) is 4.68. The molecular weight excluding hydrogens is 236 g/mol. The van der Waals surface area contributed by atoms with E-state index < -0.39 is 18.4 Å². The van der Waals surface area contributed by atoms with E-state index in [2.05, 4.69) is 4.74 Å². The smallest absolute Gasteiger partial charge is 0.337 e. The molecule has 2 heterocycles. The molecule has 2 saturated heterocycles. The number of hydrogen-bond acceptors (Lipinski definition) is 5. The number of rotatable bonds is 2. The Kier molecular flexibility index (Phi) is 3.03. The van der Waals surface area contributed by atoms with Gasteiger partial charge in [0.2, 0.25) is 0 Å². The monoisotopic (exact) mass is 250 g/mol. The minimum absolute atomic E-state index is 0.172. The summed E-state index contributed by atoms with van der Waals surface area (Å²) in [6, 6.07) is 9.63. The SMILES string of the molecule is COC(=O)[C@H]1O[C@@H]2COC(c3ccccc3)O[C@H]12. The van der Waals surface area contributed by atoms with Gasteiger partial charge in [0.25, 0.3) is 0 Å². The Morgan fingerprint density at radius 3 is 2.78 bits per heavy atom. The molecule has 1 aromatic carbocycles. The number of methoxy groups -OCH3 is 1. The van der Waals surface area contributed by atoms with E-state index in [-0.39, 0.29) is 12.2 Å².